The number of ether oxygens (including phenoxy) is 1. The highest BCUT2D eigenvalue weighted by atomic mass is 16.5. The van der Waals surface area contributed by atoms with Crippen LogP contribution in [0.1, 0.15) is 57.0 Å². The topological polar surface area (TPSA) is 26.3 Å². The first kappa shape index (κ1) is 14.9. The lowest BCUT2D eigenvalue weighted by Gasteiger charge is -2.23. The molecular weight excluding hydrogens is 224 g/mol. The maximum atomic E-state index is 11.8. The second kappa shape index (κ2) is 6.14. The third-order valence-electron chi connectivity index (χ3n) is 3.24. The third kappa shape index (κ3) is 4.26. The van der Waals surface area contributed by atoms with Crippen LogP contribution in [0.2, 0.25) is 0 Å². The minimum Gasteiger partial charge on any atom is -0.371 e. The third-order valence-corrected chi connectivity index (χ3v) is 3.24. The van der Waals surface area contributed by atoms with Gasteiger partial charge >= 0.3 is 0 Å². The van der Waals surface area contributed by atoms with Crippen LogP contribution in [0.5, 0.6) is 0 Å². The number of Topliss-reactive ketones (excluding diaryl/α,β-unsaturated/α-hetero) is 1. The Hall–Kier alpha value is -1.15. The van der Waals surface area contributed by atoms with Crippen molar-refractivity contribution in [2.75, 3.05) is 0 Å². The maximum Gasteiger partial charge on any atom is 0.165 e. The molecule has 0 aliphatic carbocycles. The van der Waals surface area contributed by atoms with Gasteiger partial charge in [-0.2, -0.15) is 0 Å². The summed E-state index contributed by atoms with van der Waals surface area (Å²) in [6.07, 6.45) is 0.983. The molecule has 0 aromatic heterocycles. The van der Waals surface area contributed by atoms with Gasteiger partial charge in [0, 0.05) is 11.5 Å². The van der Waals surface area contributed by atoms with Crippen LogP contribution < -0.4 is 0 Å². The van der Waals surface area contributed by atoms with E-state index in [-0.39, 0.29) is 17.3 Å². The first-order valence-electron chi connectivity index (χ1n) is 6.63. The predicted molar refractivity (Wildman–Crippen MR) is 74.8 cm³/mol. The van der Waals surface area contributed by atoms with E-state index in [4.69, 9.17) is 4.74 Å². The molecule has 0 spiro atoms. The molecule has 0 heterocycles. The number of hydrogen-bond donors (Lipinski definition) is 0. The van der Waals surface area contributed by atoms with Crippen LogP contribution in [0.3, 0.4) is 0 Å². The van der Waals surface area contributed by atoms with Crippen molar-refractivity contribution in [1.82, 2.24) is 0 Å². The first-order valence-corrected chi connectivity index (χ1v) is 6.63. The van der Waals surface area contributed by atoms with Gasteiger partial charge in [-0.1, -0.05) is 45.0 Å². The van der Waals surface area contributed by atoms with Crippen molar-refractivity contribution in [3.05, 3.63) is 35.4 Å². The predicted octanol–water partition coefficient (Wildman–Crippen LogP) is 4.23. The van der Waals surface area contributed by atoms with E-state index in [0.29, 0.717) is 6.61 Å². The Morgan fingerprint density at radius 3 is 2.22 bits per heavy atom. The van der Waals surface area contributed by atoms with Gasteiger partial charge in [0.1, 0.15) is 0 Å². The fraction of sp³-hybridized carbons (Fsp3) is 0.562. The van der Waals surface area contributed by atoms with Crippen molar-refractivity contribution >= 4 is 5.78 Å². The molecule has 2 nitrogen and oxygen atoms in total. The largest absolute Gasteiger partial charge is 0.371 e. The summed E-state index contributed by atoms with van der Waals surface area (Å²) in [5, 5.41) is 0. The van der Waals surface area contributed by atoms with E-state index in [9.17, 15) is 4.79 Å². The quantitative estimate of drug-likeness (QED) is 0.704. The van der Waals surface area contributed by atoms with Gasteiger partial charge in [0.25, 0.3) is 0 Å². The molecule has 0 N–H and O–H groups in total. The number of rotatable bonds is 6. The molecule has 0 atom stereocenters. The van der Waals surface area contributed by atoms with E-state index in [1.165, 1.54) is 0 Å². The van der Waals surface area contributed by atoms with Gasteiger partial charge in [-0.15, -0.1) is 0 Å². The zero-order valence-electron chi connectivity index (χ0n) is 12.1. The van der Waals surface area contributed by atoms with Crippen molar-refractivity contribution in [1.29, 1.82) is 0 Å². The van der Waals surface area contributed by atoms with Crippen molar-refractivity contribution in [3.63, 3.8) is 0 Å². The molecular formula is C16H24O2. The highest BCUT2D eigenvalue weighted by Crippen LogP contribution is 2.17. The van der Waals surface area contributed by atoms with E-state index >= 15 is 0 Å². The molecule has 0 amide bonds. The number of carbonyl (C=O) groups is 1. The van der Waals surface area contributed by atoms with Crippen molar-refractivity contribution in [3.8, 4) is 0 Å². The second-order valence-corrected chi connectivity index (χ2v) is 5.62. The Morgan fingerprint density at radius 1 is 1.22 bits per heavy atom. The van der Waals surface area contributed by atoms with Gasteiger partial charge in [-0.05, 0) is 25.8 Å². The van der Waals surface area contributed by atoms with Crippen LogP contribution in [0.15, 0.2) is 24.3 Å². The molecule has 1 rings (SSSR count). The van der Waals surface area contributed by atoms with Crippen LogP contribution >= 0.6 is 0 Å². The summed E-state index contributed by atoms with van der Waals surface area (Å²) < 4.78 is 5.83. The van der Waals surface area contributed by atoms with Crippen LogP contribution in [0, 0.1) is 5.92 Å². The van der Waals surface area contributed by atoms with Crippen LogP contribution in [-0.4, -0.2) is 11.4 Å². The van der Waals surface area contributed by atoms with Gasteiger partial charge in [-0.3, -0.25) is 4.79 Å². The van der Waals surface area contributed by atoms with Crippen LogP contribution in [-0.2, 0) is 11.3 Å². The van der Waals surface area contributed by atoms with E-state index in [2.05, 4.69) is 20.8 Å². The summed E-state index contributed by atoms with van der Waals surface area (Å²) >= 11 is 0. The fourth-order valence-electron chi connectivity index (χ4n) is 1.48. The van der Waals surface area contributed by atoms with Crippen molar-refractivity contribution in [2.45, 2.75) is 53.2 Å². The van der Waals surface area contributed by atoms with Gasteiger partial charge < -0.3 is 4.74 Å². The second-order valence-electron chi connectivity index (χ2n) is 5.62. The number of ketones is 1. The lowest BCUT2D eigenvalue weighted by Crippen LogP contribution is -2.22. The molecule has 0 bridgehead atoms. The Kier molecular flexibility index (Phi) is 5.09. The van der Waals surface area contributed by atoms with E-state index in [1.54, 1.807) is 0 Å². The lowest BCUT2D eigenvalue weighted by atomic mass is 10.00. The Balaban J connectivity index is 2.64. The molecule has 2 heteroatoms. The van der Waals surface area contributed by atoms with Gasteiger partial charge in [0.05, 0.1) is 12.2 Å². The van der Waals surface area contributed by atoms with Gasteiger partial charge in [-0.25, -0.2) is 0 Å². The molecule has 18 heavy (non-hydrogen) atoms. The zero-order valence-corrected chi connectivity index (χ0v) is 12.1. The monoisotopic (exact) mass is 248 g/mol. The summed E-state index contributed by atoms with van der Waals surface area (Å²) in [5.74, 6) is 0.238. The van der Waals surface area contributed by atoms with E-state index < -0.39 is 0 Å². The standard InChI is InChI=1S/C16H24O2/c1-6-16(4,5)18-11-13-7-9-14(10-8-13)15(17)12(2)3/h7-10,12H,6,11H2,1-5H3. The number of carbonyl (C=O) groups excluding carboxylic acids is 1. The molecule has 0 saturated carbocycles. The average molecular weight is 248 g/mol. The molecule has 0 aliphatic rings. The molecule has 1 aromatic carbocycles. The molecule has 1 aromatic rings. The Morgan fingerprint density at radius 2 is 1.78 bits per heavy atom. The molecule has 0 aliphatic heterocycles. The number of hydrogen-bond acceptors (Lipinski definition) is 2. The first-order chi connectivity index (χ1) is 8.35. The Labute approximate surface area is 110 Å². The summed E-state index contributed by atoms with van der Waals surface area (Å²) in [6.45, 7) is 10.7. The Bertz CT molecular complexity index is 388. The van der Waals surface area contributed by atoms with Crippen LogP contribution in [0.4, 0.5) is 0 Å². The molecule has 0 fully saturated rings. The van der Waals surface area contributed by atoms with E-state index in [1.807, 2.05) is 38.1 Å². The minimum absolute atomic E-state index is 0.0473. The number of benzene rings is 1. The van der Waals surface area contributed by atoms with E-state index in [0.717, 1.165) is 17.5 Å². The van der Waals surface area contributed by atoms with Gasteiger partial charge in [0.2, 0.25) is 0 Å². The smallest absolute Gasteiger partial charge is 0.165 e. The lowest BCUT2D eigenvalue weighted by molar-refractivity contribution is -0.0316. The molecule has 0 radical (unpaired) electrons. The minimum atomic E-state index is -0.0908. The zero-order chi connectivity index (χ0) is 13.8. The van der Waals surface area contributed by atoms with Crippen molar-refractivity contribution < 1.29 is 9.53 Å². The summed E-state index contributed by atoms with van der Waals surface area (Å²) in [7, 11) is 0. The molecule has 0 unspecified atom stereocenters. The maximum absolute atomic E-state index is 11.8. The highest BCUT2D eigenvalue weighted by molar-refractivity contribution is 5.97. The molecule has 0 saturated heterocycles. The van der Waals surface area contributed by atoms with Gasteiger partial charge in [0.15, 0.2) is 5.78 Å². The normalized spacial score (nSPS) is 11.9. The SMILES string of the molecule is CCC(C)(C)OCc1ccc(C(=O)C(C)C)cc1. The molecule has 100 valence electrons. The fourth-order valence-corrected chi connectivity index (χ4v) is 1.48. The summed E-state index contributed by atoms with van der Waals surface area (Å²) in [6, 6.07) is 7.72. The summed E-state index contributed by atoms with van der Waals surface area (Å²) in [5.41, 5.74) is 1.80. The average Bonchev–Trinajstić information content (AvgIpc) is 2.36. The van der Waals surface area contributed by atoms with Crippen molar-refractivity contribution in [2.24, 2.45) is 5.92 Å². The highest BCUT2D eigenvalue weighted by Gasteiger charge is 2.15. The summed E-state index contributed by atoms with van der Waals surface area (Å²) in [4.78, 5) is 11.8. The van der Waals surface area contributed by atoms with Crippen LogP contribution in [0.25, 0.3) is 0 Å².